The molecule has 0 aliphatic carbocycles. The number of morpholine rings is 1. The molecule has 1 amide bonds. The molecule has 1 saturated heterocycles. The van der Waals surface area contributed by atoms with Crippen LogP contribution in [0, 0.1) is 13.8 Å². The lowest BCUT2D eigenvalue weighted by Crippen LogP contribution is -2.40. The highest BCUT2D eigenvalue weighted by atomic mass is 32.2. The predicted octanol–water partition coefficient (Wildman–Crippen LogP) is 2.34. The first-order valence-corrected chi connectivity index (χ1v) is 10.5. The van der Waals surface area contributed by atoms with Crippen molar-refractivity contribution in [3.8, 4) is 5.75 Å². The van der Waals surface area contributed by atoms with Crippen molar-refractivity contribution in [1.29, 1.82) is 0 Å². The second-order valence-corrected chi connectivity index (χ2v) is 8.56. The number of sulfonamides is 1. The third-order valence-electron chi connectivity index (χ3n) is 4.59. The predicted molar refractivity (Wildman–Crippen MR) is 106 cm³/mol. The number of hydrogen-bond acceptors (Lipinski definition) is 5. The van der Waals surface area contributed by atoms with Crippen LogP contribution < -0.4 is 10.1 Å². The molecule has 0 aromatic heterocycles. The molecule has 0 radical (unpaired) electrons. The van der Waals surface area contributed by atoms with Crippen LogP contribution in [0.2, 0.25) is 0 Å². The van der Waals surface area contributed by atoms with Crippen molar-refractivity contribution in [3.05, 3.63) is 53.6 Å². The molecule has 1 fully saturated rings. The molecular formula is C20H24N2O5S. The largest absolute Gasteiger partial charge is 0.484 e. The summed E-state index contributed by atoms with van der Waals surface area (Å²) < 4.78 is 37.3. The number of rotatable bonds is 6. The van der Waals surface area contributed by atoms with Crippen LogP contribution in [0.1, 0.15) is 11.1 Å². The van der Waals surface area contributed by atoms with E-state index in [1.807, 2.05) is 32.0 Å². The lowest BCUT2D eigenvalue weighted by Gasteiger charge is -2.26. The van der Waals surface area contributed by atoms with Gasteiger partial charge in [0.1, 0.15) is 5.75 Å². The number of ether oxygens (including phenoxy) is 2. The fraction of sp³-hybridized carbons (Fsp3) is 0.350. The van der Waals surface area contributed by atoms with Gasteiger partial charge in [0.15, 0.2) is 6.61 Å². The molecule has 1 aliphatic heterocycles. The van der Waals surface area contributed by atoms with E-state index in [1.165, 1.54) is 16.4 Å². The highest BCUT2D eigenvalue weighted by Gasteiger charge is 2.26. The molecule has 1 aliphatic rings. The molecule has 150 valence electrons. The zero-order chi connectivity index (χ0) is 20.1. The van der Waals surface area contributed by atoms with Crippen LogP contribution in [0.25, 0.3) is 0 Å². The number of hydrogen-bond donors (Lipinski definition) is 1. The summed E-state index contributed by atoms with van der Waals surface area (Å²) >= 11 is 0. The van der Waals surface area contributed by atoms with E-state index in [9.17, 15) is 13.2 Å². The van der Waals surface area contributed by atoms with Crippen LogP contribution in [-0.2, 0) is 19.6 Å². The molecule has 7 nitrogen and oxygen atoms in total. The first-order chi connectivity index (χ1) is 13.4. The van der Waals surface area contributed by atoms with Gasteiger partial charge in [-0.1, -0.05) is 6.07 Å². The van der Waals surface area contributed by atoms with Gasteiger partial charge in [0.05, 0.1) is 18.1 Å². The van der Waals surface area contributed by atoms with E-state index in [0.29, 0.717) is 37.7 Å². The van der Waals surface area contributed by atoms with E-state index in [4.69, 9.17) is 9.47 Å². The first-order valence-electron chi connectivity index (χ1n) is 9.04. The molecule has 1 N–H and O–H groups in total. The monoisotopic (exact) mass is 404 g/mol. The molecule has 3 rings (SSSR count). The molecule has 0 saturated carbocycles. The van der Waals surface area contributed by atoms with Crippen LogP contribution in [0.3, 0.4) is 0 Å². The quantitative estimate of drug-likeness (QED) is 0.799. The Hall–Kier alpha value is -2.42. The molecule has 0 spiro atoms. The van der Waals surface area contributed by atoms with Crippen molar-refractivity contribution in [2.75, 3.05) is 38.2 Å². The summed E-state index contributed by atoms with van der Waals surface area (Å²) in [6.07, 6.45) is 0. The van der Waals surface area contributed by atoms with Crippen LogP contribution in [0.15, 0.2) is 47.4 Å². The van der Waals surface area contributed by atoms with Crippen LogP contribution >= 0.6 is 0 Å². The van der Waals surface area contributed by atoms with Crippen molar-refractivity contribution in [3.63, 3.8) is 0 Å². The topological polar surface area (TPSA) is 84.9 Å². The van der Waals surface area contributed by atoms with Gasteiger partial charge in [-0.25, -0.2) is 8.42 Å². The Morgan fingerprint density at radius 2 is 1.75 bits per heavy atom. The Kier molecular flexibility index (Phi) is 6.33. The van der Waals surface area contributed by atoms with Gasteiger partial charge in [-0.2, -0.15) is 4.31 Å². The van der Waals surface area contributed by atoms with Crippen molar-refractivity contribution in [2.45, 2.75) is 18.7 Å². The number of benzene rings is 2. The molecule has 2 aromatic rings. The maximum atomic E-state index is 12.6. The second-order valence-electron chi connectivity index (χ2n) is 6.62. The number of anilines is 1. The molecule has 0 atom stereocenters. The van der Waals surface area contributed by atoms with Crippen LogP contribution in [-0.4, -0.2) is 51.5 Å². The number of carbonyl (C=O) groups excluding carboxylic acids is 1. The Morgan fingerprint density at radius 3 is 2.39 bits per heavy atom. The minimum atomic E-state index is -3.55. The fourth-order valence-corrected chi connectivity index (χ4v) is 4.20. The molecular weight excluding hydrogens is 380 g/mol. The lowest BCUT2D eigenvalue weighted by molar-refractivity contribution is -0.118. The van der Waals surface area contributed by atoms with E-state index in [-0.39, 0.29) is 17.4 Å². The fourth-order valence-electron chi connectivity index (χ4n) is 2.80. The molecule has 0 unspecified atom stereocenters. The van der Waals surface area contributed by atoms with Crippen molar-refractivity contribution in [1.82, 2.24) is 4.31 Å². The van der Waals surface area contributed by atoms with Gasteiger partial charge >= 0.3 is 0 Å². The van der Waals surface area contributed by atoms with Gasteiger partial charge in [-0.05, 0) is 61.4 Å². The number of nitrogens with one attached hydrogen (secondary N) is 1. The van der Waals surface area contributed by atoms with Gasteiger partial charge in [-0.15, -0.1) is 0 Å². The summed E-state index contributed by atoms with van der Waals surface area (Å²) in [5, 5.41) is 2.70. The van der Waals surface area contributed by atoms with E-state index >= 15 is 0 Å². The normalized spacial score (nSPS) is 15.2. The van der Waals surface area contributed by atoms with Crippen molar-refractivity contribution in [2.24, 2.45) is 0 Å². The highest BCUT2D eigenvalue weighted by Crippen LogP contribution is 2.20. The van der Waals surface area contributed by atoms with Gasteiger partial charge in [0, 0.05) is 18.8 Å². The Morgan fingerprint density at radius 1 is 1.07 bits per heavy atom. The average Bonchev–Trinajstić information content (AvgIpc) is 2.70. The second kappa shape index (κ2) is 8.72. The summed E-state index contributed by atoms with van der Waals surface area (Å²) in [7, 11) is -3.55. The average molecular weight is 404 g/mol. The zero-order valence-corrected chi connectivity index (χ0v) is 16.8. The lowest BCUT2D eigenvalue weighted by atomic mass is 10.1. The number of nitrogens with zero attached hydrogens (tertiary/aromatic N) is 1. The summed E-state index contributed by atoms with van der Waals surface area (Å²) in [6.45, 7) is 5.34. The van der Waals surface area contributed by atoms with E-state index in [1.54, 1.807) is 12.1 Å². The Bertz CT molecular complexity index is 936. The molecule has 8 heteroatoms. The summed E-state index contributed by atoms with van der Waals surface area (Å²) in [5.74, 6) is 0.312. The molecule has 0 bridgehead atoms. The number of aryl methyl sites for hydroxylation is 2. The third kappa shape index (κ3) is 4.89. The number of amides is 1. The van der Waals surface area contributed by atoms with Crippen LogP contribution in [0.5, 0.6) is 5.75 Å². The minimum Gasteiger partial charge on any atom is -0.484 e. The molecule has 28 heavy (non-hydrogen) atoms. The standard InChI is InChI=1S/C20H24N2O5S/c1-15-3-6-18(13-16(15)2)27-14-20(23)21-17-4-7-19(8-5-17)28(24,25)22-9-11-26-12-10-22/h3-8,13H,9-12,14H2,1-2H3,(H,21,23). The van der Waals surface area contributed by atoms with Gasteiger partial charge in [-0.3, -0.25) is 4.79 Å². The summed E-state index contributed by atoms with van der Waals surface area (Å²) in [5.41, 5.74) is 2.76. The Balaban J connectivity index is 1.57. The van der Waals surface area contributed by atoms with Gasteiger partial charge < -0.3 is 14.8 Å². The summed E-state index contributed by atoms with van der Waals surface area (Å²) in [4.78, 5) is 12.3. The summed E-state index contributed by atoms with van der Waals surface area (Å²) in [6, 6.07) is 11.8. The van der Waals surface area contributed by atoms with E-state index in [0.717, 1.165) is 11.1 Å². The van der Waals surface area contributed by atoms with E-state index in [2.05, 4.69) is 5.32 Å². The molecule has 1 heterocycles. The number of carbonyl (C=O) groups is 1. The van der Waals surface area contributed by atoms with Gasteiger partial charge in [0.25, 0.3) is 5.91 Å². The van der Waals surface area contributed by atoms with Gasteiger partial charge in [0.2, 0.25) is 10.0 Å². The zero-order valence-electron chi connectivity index (χ0n) is 16.0. The highest BCUT2D eigenvalue weighted by molar-refractivity contribution is 7.89. The minimum absolute atomic E-state index is 0.129. The maximum absolute atomic E-state index is 12.6. The van der Waals surface area contributed by atoms with Crippen LogP contribution in [0.4, 0.5) is 5.69 Å². The SMILES string of the molecule is Cc1ccc(OCC(=O)Nc2ccc(S(=O)(=O)N3CCOCC3)cc2)cc1C. The third-order valence-corrected chi connectivity index (χ3v) is 6.51. The van der Waals surface area contributed by atoms with Crippen molar-refractivity contribution < 1.29 is 22.7 Å². The first kappa shape index (κ1) is 20.3. The smallest absolute Gasteiger partial charge is 0.262 e. The molecule has 2 aromatic carbocycles. The Labute approximate surface area is 165 Å². The van der Waals surface area contributed by atoms with Crippen molar-refractivity contribution >= 4 is 21.6 Å². The van der Waals surface area contributed by atoms with E-state index < -0.39 is 10.0 Å². The maximum Gasteiger partial charge on any atom is 0.262 e.